The van der Waals surface area contributed by atoms with Crippen LogP contribution in [-0.4, -0.2) is 12.4 Å². The van der Waals surface area contributed by atoms with Gasteiger partial charge >= 0.3 is 0 Å². The van der Waals surface area contributed by atoms with E-state index in [0.29, 0.717) is 6.61 Å². The van der Waals surface area contributed by atoms with Crippen molar-refractivity contribution in [1.82, 2.24) is 0 Å². The average molecular weight is 346 g/mol. The van der Waals surface area contributed by atoms with Gasteiger partial charge in [0.1, 0.15) is 5.75 Å². The molecule has 26 heavy (non-hydrogen) atoms. The second-order valence-corrected chi connectivity index (χ2v) is 6.72. The van der Waals surface area contributed by atoms with E-state index >= 15 is 0 Å². The van der Waals surface area contributed by atoms with E-state index in [1.807, 2.05) is 43.3 Å². The number of hydrogen-bond acceptors (Lipinski definition) is 2. The molecule has 0 amide bonds. The highest BCUT2D eigenvalue weighted by atomic mass is 16.5. The maximum absolute atomic E-state index is 12.4. The summed E-state index contributed by atoms with van der Waals surface area (Å²) in [7, 11) is 0. The second-order valence-electron chi connectivity index (χ2n) is 6.72. The molecular weight excluding hydrogens is 320 g/mol. The number of aryl methyl sites for hydroxylation is 1. The van der Waals surface area contributed by atoms with Crippen LogP contribution in [0.5, 0.6) is 5.75 Å². The highest BCUT2D eigenvalue weighted by Gasteiger charge is 2.21. The molecule has 1 aliphatic rings. The molecule has 0 N–H and O–H groups in total. The first-order valence-electron chi connectivity index (χ1n) is 9.44. The van der Waals surface area contributed by atoms with Crippen LogP contribution >= 0.6 is 0 Å². The molecule has 0 radical (unpaired) electrons. The highest BCUT2D eigenvalue weighted by molar-refractivity contribution is 5.93. The SMILES string of the molecule is CCOc1ccc(/C=C/C2=CC(=O)[C@H](CCc3ccccc3)CC2)cc1. The lowest BCUT2D eigenvalue weighted by Gasteiger charge is -2.19. The Morgan fingerprint density at radius 1 is 1.04 bits per heavy atom. The molecule has 1 atom stereocenters. The quantitative estimate of drug-likeness (QED) is 0.649. The maximum Gasteiger partial charge on any atom is 0.159 e. The molecule has 0 fully saturated rings. The lowest BCUT2D eigenvalue weighted by Crippen LogP contribution is -2.17. The largest absolute Gasteiger partial charge is 0.494 e. The van der Waals surface area contributed by atoms with Crippen LogP contribution in [0.3, 0.4) is 0 Å². The monoisotopic (exact) mass is 346 g/mol. The van der Waals surface area contributed by atoms with Gasteiger partial charge in [-0.25, -0.2) is 0 Å². The predicted molar refractivity (Wildman–Crippen MR) is 107 cm³/mol. The zero-order chi connectivity index (χ0) is 18.2. The van der Waals surface area contributed by atoms with Crippen molar-refractivity contribution in [2.45, 2.75) is 32.6 Å². The zero-order valence-corrected chi connectivity index (χ0v) is 15.4. The van der Waals surface area contributed by atoms with Crippen molar-refractivity contribution >= 4 is 11.9 Å². The van der Waals surface area contributed by atoms with Crippen LogP contribution in [0, 0.1) is 5.92 Å². The minimum Gasteiger partial charge on any atom is -0.494 e. The number of rotatable bonds is 7. The van der Waals surface area contributed by atoms with Gasteiger partial charge in [0.25, 0.3) is 0 Å². The minimum atomic E-state index is 0.165. The van der Waals surface area contributed by atoms with E-state index in [9.17, 15) is 4.79 Å². The van der Waals surface area contributed by atoms with Gasteiger partial charge < -0.3 is 4.74 Å². The summed E-state index contributed by atoms with van der Waals surface area (Å²) in [5, 5.41) is 0. The first-order valence-corrected chi connectivity index (χ1v) is 9.44. The molecule has 0 aromatic heterocycles. The molecule has 0 saturated carbocycles. The van der Waals surface area contributed by atoms with Crippen molar-refractivity contribution < 1.29 is 9.53 Å². The van der Waals surface area contributed by atoms with Crippen LogP contribution in [0.25, 0.3) is 6.08 Å². The Hall–Kier alpha value is -2.61. The molecule has 0 saturated heterocycles. The minimum absolute atomic E-state index is 0.165. The summed E-state index contributed by atoms with van der Waals surface area (Å²) in [6.45, 7) is 2.66. The van der Waals surface area contributed by atoms with Crippen LogP contribution in [-0.2, 0) is 11.2 Å². The summed E-state index contributed by atoms with van der Waals surface area (Å²) < 4.78 is 5.46. The molecule has 2 aromatic carbocycles. The van der Waals surface area contributed by atoms with Gasteiger partial charge in [-0.3, -0.25) is 4.79 Å². The average Bonchev–Trinajstić information content (AvgIpc) is 2.68. The lowest BCUT2D eigenvalue weighted by molar-refractivity contribution is -0.119. The Morgan fingerprint density at radius 2 is 1.81 bits per heavy atom. The molecular formula is C24H26O2. The fourth-order valence-electron chi connectivity index (χ4n) is 3.30. The summed E-state index contributed by atoms with van der Waals surface area (Å²) in [6, 6.07) is 18.4. The van der Waals surface area contributed by atoms with Gasteiger partial charge in [-0.2, -0.15) is 0 Å². The van der Waals surface area contributed by atoms with Crippen molar-refractivity contribution in [3.8, 4) is 5.75 Å². The van der Waals surface area contributed by atoms with Gasteiger partial charge in [-0.1, -0.05) is 54.6 Å². The third kappa shape index (κ3) is 5.19. The number of allylic oxidation sites excluding steroid dienone is 3. The topological polar surface area (TPSA) is 26.3 Å². The molecule has 1 aliphatic carbocycles. The van der Waals surface area contributed by atoms with E-state index in [0.717, 1.165) is 42.6 Å². The molecule has 0 aliphatic heterocycles. The van der Waals surface area contributed by atoms with Crippen molar-refractivity contribution in [1.29, 1.82) is 0 Å². The van der Waals surface area contributed by atoms with E-state index in [1.54, 1.807) is 0 Å². The standard InChI is InChI=1S/C24H26O2/c1-2-26-23-16-12-20(13-17-23)8-9-21-11-15-22(24(25)18-21)14-10-19-6-4-3-5-7-19/h3-9,12-13,16-18,22H,2,10-11,14-15H2,1H3/b9-8+/t22-/m1/s1. The van der Waals surface area contributed by atoms with Gasteiger partial charge in [-0.15, -0.1) is 0 Å². The number of ether oxygens (including phenoxy) is 1. The van der Waals surface area contributed by atoms with Gasteiger partial charge in [0.2, 0.25) is 0 Å². The Bertz CT molecular complexity index is 770. The molecule has 0 unspecified atom stereocenters. The van der Waals surface area contributed by atoms with Crippen LogP contribution < -0.4 is 4.74 Å². The molecule has 3 rings (SSSR count). The number of benzene rings is 2. The number of ketones is 1. The number of carbonyl (C=O) groups excluding carboxylic acids is 1. The summed E-state index contributed by atoms with van der Waals surface area (Å²) in [5.74, 6) is 1.33. The van der Waals surface area contributed by atoms with Gasteiger partial charge in [0, 0.05) is 5.92 Å². The van der Waals surface area contributed by atoms with Crippen LogP contribution in [0.2, 0.25) is 0 Å². The maximum atomic E-state index is 12.4. The second kappa shape index (κ2) is 9.19. The molecule has 2 heteroatoms. The van der Waals surface area contributed by atoms with E-state index in [-0.39, 0.29) is 11.7 Å². The predicted octanol–water partition coefficient (Wildman–Crippen LogP) is 5.64. The molecule has 0 heterocycles. The first-order chi connectivity index (χ1) is 12.7. The number of carbonyl (C=O) groups is 1. The Balaban J connectivity index is 1.54. The summed E-state index contributed by atoms with van der Waals surface area (Å²) in [4.78, 5) is 12.4. The molecule has 134 valence electrons. The Morgan fingerprint density at radius 3 is 2.50 bits per heavy atom. The van der Waals surface area contributed by atoms with E-state index < -0.39 is 0 Å². The van der Waals surface area contributed by atoms with E-state index in [4.69, 9.17) is 4.74 Å². The van der Waals surface area contributed by atoms with Crippen molar-refractivity contribution in [3.05, 3.63) is 83.4 Å². The van der Waals surface area contributed by atoms with Gasteiger partial charge in [0.15, 0.2) is 5.78 Å². The van der Waals surface area contributed by atoms with Gasteiger partial charge in [-0.05, 0) is 67.5 Å². The van der Waals surface area contributed by atoms with Crippen molar-refractivity contribution in [2.24, 2.45) is 5.92 Å². The Kier molecular flexibility index (Phi) is 6.43. The first kappa shape index (κ1) is 18.2. The zero-order valence-electron chi connectivity index (χ0n) is 15.4. The highest BCUT2D eigenvalue weighted by Crippen LogP contribution is 2.26. The van der Waals surface area contributed by atoms with Crippen molar-refractivity contribution in [3.63, 3.8) is 0 Å². The molecule has 2 aromatic rings. The third-order valence-corrected chi connectivity index (χ3v) is 4.82. The van der Waals surface area contributed by atoms with Crippen LogP contribution in [0.1, 0.15) is 37.3 Å². The van der Waals surface area contributed by atoms with Crippen LogP contribution in [0.4, 0.5) is 0 Å². The van der Waals surface area contributed by atoms with Gasteiger partial charge in [0.05, 0.1) is 6.61 Å². The molecule has 0 spiro atoms. The van der Waals surface area contributed by atoms with Crippen molar-refractivity contribution in [2.75, 3.05) is 6.61 Å². The third-order valence-electron chi connectivity index (χ3n) is 4.82. The van der Waals surface area contributed by atoms with E-state index in [2.05, 4.69) is 36.4 Å². The Labute approximate surface area is 156 Å². The summed E-state index contributed by atoms with van der Waals surface area (Å²) in [5.41, 5.74) is 3.55. The molecule has 2 nitrogen and oxygen atoms in total. The number of hydrogen-bond donors (Lipinski definition) is 0. The lowest BCUT2D eigenvalue weighted by atomic mass is 9.84. The smallest absolute Gasteiger partial charge is 0.159 e. The summed E-state index contributed by atoms with van der Waals surface area (Å²) >= 11 is 0. The fraction of sp³-hybridized carbons (Fsp3) is 0.292. The van der Waals surface area contributed by atoms with E-state index in [1.165, 1.54) is 5.56 Å². The normalized spacial score (nSPS) is 17.3. The summed E-state index contributed by atoms with van der Waals surface area (Å²) in [6.07, 6.45) is 9.81. The van der Waals surface area contributed by atoms with Crippen LogP contribution in [0.15, 0.2) is 72.3 Å². The fourth-order valence-corrected chi connectivity index (χ4v) is 3.30. The molecule has 0 bridgehead atoms.